The molecule has 0 saturated carbocycles. The molecule has 0 aliphatic carbocycles. The number of nitrogens with zero attached hydrogens (tertiary/aromatic N) is 4. The van der Waals surface area contributed by atoms with Gasteiger partial charge in [-0.1, -0.05) is 30.0 Å². The summed E-state index contributed by atoms with van der Waals surface area (Å²) in [4.78, 5) is 16.2. The van der Waals surface area contributed by atoms with Crippen molar-refractivity contribution in [2.24, 2.45) is 7.05 Å². The number of rotatable bonds is 8. The summed E-state index contributed by atoms with van der Waals surface area (Å²) in [7, 11) is 1.90. The molecule has 0 atom stereocenters. The molecule has 0 aliphatic rings. The summed E-state index contributed by atoms with van der Waals surface area (Å²) in [5.41, 5.74) is 1.62. The second-order valence-corrected chi connectivity index (χ2v) is 6.94. The molecule has 6 nitrogen and oxygen atoms in total. The molecule has 8 heteroatoms. The largest absolute Gasteiger partial charge is 0.352 e. The van der Waals surface area contributed by atoms with Gasteiger partial charge in [0.2, 0.25) is 5.91 Å². The Morgan fingerprint density at radius 1 is 1.25 bits per heavy atom. The van der Waals surface area contributed by atoms with Gasteiger partial charge in [-0.3, -0.25) is 9.78 Å². The molecule has 0 radical (unpaired) electrons. The lowest BCUT2D eigenvalue weighted by Crippen LogP contribution is -2.24. The van der Waals surface area contributed by atoms with Gasteiger partial charge in [-0.2, -0.15) is 0 Å². The molecule has 144 valence electrons. The van der Waals surface area contributed by atoms with Gasteiger partial charge in [0.05, 0.1) is 5.69 Å². The zero-order valence-corrected chi connectivity index (χ0v) is 16.2. The maximum Gasteiger partial charge on any atom is 0.244 e. The number of nitrogens with one attached hydrogen (secondary N) is 1. The molecule has 28 heavy (non-hydrogen) atoms. The van der Waals surface area contributed by atoms with E-state index in [1.165, 1.54) is 18.2 Å². The molecule has 1 amide bonds. The molecule has 3 rings (SSSR count). The van der Waals surface area contributed by atoms with Gasteiger partial charge in [-0.25, -0.2) is 4.39 Å². The average molecular weight is 397 g/mol. The number of aromatic nitrogens is 4. The third-order valence-corrected chi connectivity index (χ3v) is 4.98. The van der Waals surface area contributed by atoms with Crippen molar-refractivity contribution in [3.05, 3.63) is 77.6 Å². The van der Waals surface area contributed by atoms with Gasteiger partial charge in [-0.05, 0) is 35.9 Å². The van der Waals surface area contributed by atoms with Crippen molar-refractivity contribution < 1.29 is 9.18 Å². The fourth-order valence-corrected chi connectivity index (χ4v) is 3.29. The van der Waals surface area contributed by atoms with Gasteiger partial charge >= 0.3 is 0 Å². The predicted molar refractivity (Wildman–Crippen MR) is 107 cm³/mol. The molecule has 1 N–H and O–H groups in total. The summed E-state index contributed by atoms with van der Waals surface area (Å²) in [5.74, 6) is 0.935. The second kappa shape index (κ2) is 9.80. The van der Waals surface area contributed by atoms with Gasteiger partial charge in [-0.15, -0.1) is 10.2 Å². The lowest BCUT2D eigenvalue weighted by atomic mass is 10.2. The van der Waals surface area contributed by atoms with E-state index in [4.69, 9.17) is 0 Å². The Labute approximate surface area is 166 Å². The fourth-order valence-electron chi connectivity index (χ4n) is 2.45. The van der Waals surface area contributed by atoms with Crippen LogP contribution in [0.5, 0.6) is 0 Å². The molecule has 0 fully saturated rings. The number of hydrogen-bond acceptors (Lipinski definition) is 5. The predicted octanol–water partition coefficient (Wildman–Crippen LogP) is 3.01. The average Bonchev–Trinajstić information content (AvgIpc) is 3.05. The van der Waals surface area contributed by atoms with Crippen LogP contribution in [-0.4, -0.2) is 32.2 Å². The molecule has 0 bridgehead atoms. The van der Waals surface area contributed by atoms with Crippen LogP contribution in [0.25, 0.3) is 6.08 Å². The van der Waals surface area contributed by atoms with E-state index < -0.39 is 0 Å². The molecule has 1 aromatic carbocycles. The minimum absolute atomic E-state index is 0.240. The number of benzene rings is 1. The third-order valence-electron chi connectivity index (χ3n) is 3.92. The second-order valence-electron chi connectivity index (χ2n) is 6.00. The van der Waals surface area contributed by atoms with Crippen LogP contribution in [0.2, 0.25) is 0 Å². The monoisotopic (exact) mass is 397 g/mol. The fraction of sp³-hybridized carbons (Fsp3) is 0.200. The van der Waals surface area contributed by atoms with Gasteiger partial charge < -0.3 is 9.88 Å². The highest BCUT2D eigenvalue weighted by Gasteiger charge is 2.10. The minimum Gasteiger partial charge on any atom is -0.352 e. The van der Waals surface area contributed by atoms with Crippen LogP contribution in [0.15, 0.2) is 59.9 Å². The summed E-state index contributed by atoms with van der Waals surface area (Å²) < 4.78 is 15.0. The van der Waals surface area contributed by atoms with Crippen molar-refractivity contribution in [1.82, 2.24) is 25.1 Å². The number of carbonyl (C=O) groups excluding carboxylic acids is 1. The maximum atomic E-state index is 13.1. The summed E-state index contributed by atoms with van der Waals surface area (Å²) in [6.07, 6.45) is 5.29. The standard InChI is InChI=1S/C20H20FN5OS/c1-26-18(24-25-20(26)28-14-17-7-2-3-11-22-17)10-12-23-19(27)9-8-15-5-4-6-16(21)13-15/h2-9,11,13H,10,12,14H2,1H3,(H,23,27). The van der Waals surface area contributed by atoms with E-state index in [1.54, 1.807) is 36.2 Å². The summed E-state index contributed by atoms with van der Waals surface area (Å²) in [5, 5.41) is 12.0. The number of hydrogen-bond donors (Lipinski definition) is 1. The first-order valence-corrected chi connectivity index (χ1v) is 9.73. The van der Waals surface area contributed by atoms with Gasteiger partial charge in [0.1, 0.15) is 11.6 Å². The van der Waals surface area contributed by atoms with Crippen molar-refractivity contribution in [1.29, 1.82) is 0 Å². The molecule has 0 aliphatic heterocycles. The Morgan fingerprint density at radius 3 is 2.93 bits per heavy atom. The Balaban J connectivity index is 1.46. The highest BCUT2D eigenvalue weighted by atomic mass is 32.2. The van der Waals surface area contributed by atoms with E-state index in [-0.39, 0.29) is 11.7 Å². The Kier molecular flexibility index (Phi) is 6.91. The van der Waals surface area contributed by atoms with Crippen molar-refractivity contribution in [3.8, 4) is 0 Å². The quantitative estimate of drug-likeness (QED) is 0.467. The summed E-state index contributed by atoms with van der Waals surface area (Å²) in [6.45, 7) is 0.434. The zero-order valence-electron chi connectivity index (χ0n) is 15.4. The first-order chi connectivity index (χ1) is 13.6. The SMILES string of the molecule is Cn1c(CCNC(=O)C=Cc2cccc(F)c2)nnc1SCc1ccccn1. The van der Waals surface area contributed by atoms with Crippen LogP contribution in [0.4, 0.5) is 4.39 Å². The van der Waals surface area contributed by atoms with Crippen molar-refractivity contribution in [3.63, 3.8) is 0 Å². The van der Waals surface area contributed by atoms with Crippen molar-refractivity contribution >= 4 is 23.7 Å². The Hall–Kier alpha value is -3.00. The van der Waals surface area contributed by atoms with Crippen LogP contribution >= 0.6 is 11.8 Å². The third kappa shape index (κ3) is 5.75. The highest BCUT2D eigenvalue weighted by molar-refractivity contribution is 7.98. The minimum atomic E-state index is -0.332. The molecular weight excluding hydrogens is 377 g/mol. The van der Waals surface area contributed by atoms with E-state index >= 15 is 0 Å². The number of thioether (sulfide) groups is 1. The first-order valence-electron chi connectivity index (χ1n) is 8.74. The summed E-state index contributed by atoms with van der Waals surface area (Å²) in [6, 6.07) is 11.9. The van der Waals surface area contributed by atoms with Crippen LogP contribution in [0.3, 0.4) is 0 Å². The molecule has 2 aromatic heterocycles. The zero-order chi connectivity index (χ0) is 19.8. The van der Waals surface area contributed by atoms with Crippen LogP contribution in [0.1, 0.15) is 17.1 Å². The normalized spacial score (nSPS) is 11.1. The van der Waals surface area contributed by atoms with Crippen molar-refractivity contribution in [2.75, 3.05) is 6.54 Å². The maximum absolute atomic E-state index is 13.1. The number of amides is 1. The van der Waals surface area contributed by atoms with E-state index in [0.29, 0.717) is 24.3 Å². The van der Waals surface area contributed by atoms with Crippen LogP contribution < -0.4 is 5.32 Å². The number of halogens is 1. The van der Waals surface area contributed by atoms with Crippen LogP contribution in [0, 0.1) is 5.82 Å². The molecule has 3 aromatic rings. The first kappa shape index (κ1) is 19.8. The van der Waals surface area contributed by atoms with E-state index in [0.717, 1.165) is 16.7 Å². The molecule has 0 spiro atoms. The topological polar surface area (TPSA) is 72.7 Å². The number of carbonyl (C=O) groups is 1. The molecule has 2 heterocycles. The van der Waals surface area contributed by atoms with E-state index in [2.05, 4.69) is 20.5 Å². The molecule has 0 saturated heterocycles. The van der Waals surface area contributed by atoms with Crippen LogP contribution in [-0.2, 0) is 24.0 Å². The molecular formula is C20H20FN5OS. The van der Waals surface area contributed by atoms with E-state index in [9.17, 15) is 9.18 Å². The highest BCUT2D eigenvalue weighted by Crippen LogP contribution is 2.19. The van der Waals surface area contributed by atoms with Gasteiger partial charge in [0, 0.05) is 38.0 Å². The lowest BCUT2D eigenvalue weighted by molar-refractivity contribution is -0.116. The van der Waals surface area contributed by atoms with Crippen molar-refractivity contribution in [2.45, 2.75) is 17.3 Å². The summed E-state index contributed by atoms with van der Waals surface area (Å²) >= 11 is 1.57. The van der Waals surface area contributed by atoms with Gasteiger partial charge in [0.25, 0.3) is 0 Å². The smallest absolute Gasteiger partial charge is 0.244 e. The number of pyridine rings is 1. The molecule has 0 unspecified atom stereocenters. The van der Waals surface area contributed by atoms with E-state index in [1.807, 2.05) is 29.8 Å². The van der Waals surface area contributed by atoms with Gasteiger partial charge in [0.15, 0.2) is 5.16 Å². The Bertz CT molecular complexity index is 958. The Morgan fingerprint density at radius 2 is 2.14 bits per heavy atom. The lowest BCUT2D eigenvalue weighted by Gasteiger charge is -2.04.